The van der Waals surface area contributed by atoms with Gasteiger partial charge in [0.15, 0.2) is 0 Å². The summed E-state index contributed by atoms with van der Waals surface area (Å²) < 4.78 is 4.76. The van der Waals surface area contributed by atoms with Crippen LogP contribution in [0.1, 0.15) is 20.3 Å². The predicted molar refractivity (Wildman–Crippen MR) is 55.0 cm³/mol. The largest absolute Gasteiger partial charge is 0.460 e. The Morgan fingerprint density at radius 1 is 1.33 bits per heavy atom. The molecule has 0 N–H and O–H groups in total. The molecule has 3 nitrogen and oxygen atoms in total. The number of carbonyl (C=O) groups is 2. The van der Waals surface area contributed by atoms with Crippen molar-refractivity contribution in [3.63, 3.8) is 0 Å². The van der Waals surface area contributed by atoms with Crippen molar-refractivity contribution in [3.05, 3.63) is 12.2 Å². The Kier molecular flexibility index (Phi) is 2.63. The van der Waals surface area contributed by atoms with Crippen molar-refractivity contribution in [3.8, 4) is 0 Å². The summed E-state index contributed by atoms with van der Waals surface area (Å²) in [6, 6.07) is 0. The molecule has 0 saturated heterocycles. The first-order chi connectivity index (χ1) is 7.15. The monoisotopic (exact) mass is 208 g/mol. The maximum Gasteiger partial charge on any atom is 0.374 e. The van der Waals surface area contributed by atoms with E-state index in [0.717, 1.165) is 6.42 Å². The van der Waals surface area contributed by atoms with Gasteiger partial charge in [-0.25, -0.2) is 4.79 Å². The van der Waals surface area contributed by atoms with Gasteiger partial charge in [-0.1, -0.05) is 19.1 Å². The molecule has 0 spiro atoms. The number of allylic oxidation sites excluding steroid dienone is 2. The van der Waals surface area contributed by atoms with Gasteiger partial charge in [-0.2, -0.15) is 0 Å². The Bertz CT molecular complexity index is 319. The average Bonchev–Trinajstić information content (AvgIpc) is 2.77. The molecule has 1 saturated carbocycles. The maximum absolute atomic E-state index is 11.8. The molecule has 2 rings (SSSR count). The smallest absolute Gasteiger partial charge is 0.374 e. The molecule has 0 amide bonds. The van der Waals surface area contributed by atoms with E-state index in [9.17, 15) is 9.59 Å². The number of esters is 1. The second-order valence-corrected chi connectivity index (χ2v) is 4.42. The number of ketones is 1. The third-order valence-electron chi connectivity index (χ3n) is 3.63. The van der Waals surface area contributed by atoms with E-state index in [1.807, 2.05) is 0 Å². The molecule has 0 aliphatic heterocycles. The van der Waals surface area contributed by atoms with Gasteiger partial charge in [0.25, 0.3) is 0 Å². The van der Waals surface area contributed by atoms with Crippen LogP contribution in [0.5, 0.6) is 0 Å². The number of hydrogen-bond donors (Lipinski definition) is 0. The second-order valence-electron chi connectivity index (χ2n) is 4.42. The van der Waals surface area contributed by atoms with Crippen LogP contribution < -0.4 is 0 Å². The number of carbonyl (C=O) groups excluding carboxylic acids is 2. The summed E-state index contributed by atoms with van der Waals surface area (Å²) in [5, 5.41) is 0. The summed E-state index contributed by atoms with van der Waals surface area (Å²) in [4.78, 5) is 23.2. The zero-order valence-corrected chi connectivity index (χ0v) is 9.10. The van der Waals surface area contributed by atoms with Gasteiger partial charge >= 0.3 is 5.97 Å². The Morgan fingerprint density at radius 3 is 2.53 bits per heavy atom. The van der Waals surface area contributed by atoms with Gasteiger partial charge in [-0.05, 0) is 31.1 Å². The molecule has 0 radical (unpaired) electrons. The van der Waals surface area contributed by atoms with Crippen LogP contribution in [0.15, 0.2) is 12.2 Å². The maximum atomic E-state index is 11.8. The number of fused-ring (bicyclic) bond motifs is 2. The van der Waals surface area contributed by atoms with E-state index in [1.54, 1.807) is 6.92 Å². The summed E-state index contributed by atoms with van der Waals surface area (Å²) in [6.07, 6.45) is 5.27. The third-order valence-corrected chi connectivity index (χ3v) is 3.63. The first kappa shape index (κ1) is 10.4. The highest BCUT2D eigenvalue weighted by Crippen LogP contribution is 2.48. The lowest BCUT2D eigenvalue weighted by molar-refractivity contribution is -0.156. The summed E-state index contributed by atoms with van der Waals surface area (Å²) in [5.74, 6) is -0.0901. The molecule has 0 unspecified atom stereocenters. The Hall–Kier alpha value is -1.12. The highest BCUT2D eigenvalue weighted by molar-refractivity contribution is 6.34. The minimum atomic E-state index is -0.657. The number of hydrogen-bond acceptors (Lipinski definition) is 3. The van der Waals surface area contributed by atoms with Gasteiger partial charge in [-0.3, -0.25) is 4.79 Å². The minimum Gasteiger partial charge on any atom is -0.460 e. The zero-order chi connectivity index (χ0) is 11.0. The van der Waals surface area contributed by atoms with Gasteiger partial charge < -0.3 is 4.74 Å². The molecule has 0 aromatic carbocycles. The van der Waals surface area contributed by atoms with Crippen molar-refractivity contribution in [1.82, 2.24) is 0 Å². The number of rotatable bonds is 3. The summed E-state index contributed by atoms with van der Waals surface area (Å²) in [5.41, 5.74) is 0. The fourth-order valence-electron chi connectivity index (χ4n) is 2.84. The predicted octanol–water partition coefficient (Wildman–Crippen LogP) is 1.58. The van der Waals surface area contributed by atoms with Crippen LogP contribution in [0.25, 0.3) is 0 Å². The molecule has 0 aromatic heterocycles. The van der Waals surface area contributed by atoms with Crippen molar-refractivity contribution in [2.45, 2.75) is 20.3 Å². The minimum absolute atomic E-state index is 0.140. The number of Topliss-reactive ketones (excluding diaryl/α,β-unsaturated/α-hetero) is 1. The van der Waals surface area contributed by atoms with Crippen molar-refractivity contribution in [2.75, 3.05) is 6.61 Å². The molecule has 0 heterocycles. The van der Waals surface area contributed by atoms with E-state index >= 15 is 0 Å². The SMILES string of the molecule is CCOC(=O)C(=O)[C@H]1[C@H](C)[C@H]2C=C[C@@H]1C2. The fraction of sp³-hybridized carbons (Fsp3) is 0.667. The summed E-state index contributed by atoms with van der Waals surface area (Å²) in [6.45, 7) is 4.04. The highest BCUT2D eigenvalue weighted by Gasteiger charge is 2.47. The summed E-state index contributed by atoms with van der Waals surface area (Å²) in [7, 11) is 0. The Morgan fingerprint density at radius 2 is 2.00 bits per heavy atom. The lowest BCUT2D eigenvalue weighted by atomic mass is 9.81. The molecular weight excluding hydrogens is 192 g/mol. The highest BCUT2D eigenvalue weighted by atomic mass is 16.5. The molecule has 15 heavy (non-hydrogen) atoms. The van der Waals surface area contributed by atoms with E-state index in [2.05, 4.69) is 19.1 Å². The molecule has 1 fully saturated rings. The molecule has 82 valence electrons. The van der Waals surface area contributed by atoms with Crippen LogP contribution in [0.4, 0.5) is 0 Å². The quantitative estimate of drug-likeness (QED) is 0.402. The van der Waals surface area contributed by atoms with Crippen molar-refractivity contribution in [1.29, 1.82) is 0 Å². The van der Waals surface area contributed by atoms with Gasteiger partial charge in [-0.15, -0.1) is 0 Å². The molecule has 2 aliphatic carbocycles. The van der Waals surface area contributed by atoms with Crippen LogP contribution in [0.2, 0.25) is 0 Å². The lowest BCUT2D eigenvalue weighted by Gasteiger charge is -2.22. The van der Waals surface area contributed by atoms with Gasteiger partial charge in [0.2, 0.25) is 5.78 Å². The van der Waals surface area contributed by atoms with E-state index < -0.39 is 5.97 Å². The first-order valence-corrected chi connectivity index (χ1v) is 5.54. The fourth-order valence-corrected chi connectivity index (χ4v) is 2.84. The van der Waals surface area contributed by atoms with E-state index in [4.69, 9.17) is 4.74 Å². The van der Waals surface area contributed by atoms with E-state index in [0.29, 0.717) is 5.92 Å². The van der Waals surface area contributed by atoms with Crippen LogP contribution in [-0.2, 0) is 14.3 Å². The molecular formula is C12H16O3. The second kappa shape index (κ2) is 3.80. The third kappa shape index (κ3) is 1.60. The molecule has 3 heteroatoms. The lowest BCUT2D eigenvalue weighted by Crippen LogP contribution is -2.32. The van der Waals surface area contributed by atoms with Crippen LogP contribution in [0, 0.1) is 23.7 Å². The number of ether oxygens (including phenoxy) is 1. The molecule has 4 atom stereocenters. The van der Waals surface area contributed by atoms with Crippen LogP contribution in [-0.4, -0.2) is 18.4 Å². The van der Waals surface area contributed by atoms with Gasteiger partial charge in [0, 0.05) is 5.92 Å². The van der Waals surface area contributed by atoms with Crippen LogP contribution >= 0.6 is 0 Å². The molecule has 0 aromatic rings. The van der Waals surface area contributed by atoms with E-state index in [-0.39, 0.29) is 30.1 Å². The Labute approximate surface area is 89.5 Å². The zero-order valence-electron chi connectivity index (χ0n) is 9.10. The normalized spacial score (nSPS) is 36.9. The average molecular weight is 208 g/mol. The van der Waals surface area contributed by atoms with Gasteiger partial charge in [0.05, 0.1) is 6.61 Å². The topological polar surface area (TPSA) is 43.4 Å². The molecule has 2 bridgehead atoms. The van der Waals surface area contributed by atoms with E-state index in [1.165, 1.54) is 0 Å². The van der Waals surface area contributed by atoms with Crippen molar-refractivity contribution < 1.29 is 14.3 Å². The summed E-state index contributed by atoms with van der Waals surface area (Å²) >= 11 is 0. The standard InChI is InChI=1S/C12H16O3/c1-3-15-12(14)11(13)10-7(2)8-4-5-9(10)6-8/h4-5,7-10H,3,6H2,1-2H3/t7-,8+,9-,10+/m1/s1. The Balaban J connectivity index is 2.08. The van der Waals surface area contributed by atoms with Crippen LogP contribution in [0.3, 0.4) is 0 Å². The van der Waals surface area contributed by atoms with Crippen molar-refractivity contribution >= 4 is 11.8 Å². The first-order valence-electron chi connectivity index (χ1n) is 5.54. The van der Waals surface area contributed by atoms with Gasteiger partial charge in [0.1, 0.15) is 0 Å². The molecule has 2 aliphatic rings. The van der Waals surface area contributed by atoms with Crippen molar-refractivity contribution in [2.24, 2.45) is 23.7 Å².